The summed E-state index contributed by atoms with van der Waals surface area (Å²) in [7, 11) is 0. The van der Waals surface area contributed by atoms with E-state index < -0.39 is 5.97 Å². The summed E-state index contributed by atoms with van der Waals surface area (Å²) in [5.41, 5.74) is 5.40. The molecular formula is C30H35NO5. The molecule has 6 heteroatoms. The zero-order chi connectivity index (χ0) is 25.7. The van der Waals surface area contributed by atoms with Gasteiger partial charge in [-0.15, -0.1) is 0 Å². The van der Waals surface area contributed by atoms with Crippen molar-refractivity contribution in [3.8, 4) is 11.5 Å². The van der Waals surface area contributed by atoms with Gasteiger partial charge in [0.2, 0.25) is 0 Å². The van der Waals surface area contributed by atoms with Crippen LogP contribution in [-0.2, 0) is 29.7 Å². The topological polar surface area (TPSA) is 79.2 Å². The van der Waals surface area contributed by atoms with Gasteiger partial charge in [0, 0.05) is 31.6 Å². The number of phenolic OH excluding ortho intramolecular Hbond substituents is 1. The summed E-state index contributed by atoms with van der Waals surface area (Å²) < 4.78 is 11.8. The molecule has 3 aromatic rings. The molecule has 1 heterocycles. The van der Waals surface area contributed by atoms with Gasteiger partial charge in [-0.2, -0.15) is 0 Å². The maximum atomic E-state index is 11.5. The Morgan fingerprint density at radius 2 is 1.78 bits per heavy atom. The van der Waals surface area contributed by atoms with Gasteiger partial charge >= 0.3 is 5.97 Å². The predicted octanol–water partition coefficient (Wildman–Crippen LogP) is 5.39. The second-order valence-electron chi connectivity index (χ2n) is 10.4. The molecular weight excluding hydrogens is 454 g/mol. The lowest BCUT2D eigenvalue weighted by atomic mass is 9.86. The summed E-state index contributed by atoms with van der Waals surface area (Å²) in [6.45, 7) is 9.88. The molecule has 0 aliphatic carbocycles. The fourth-order valence-electron chi connectivity index (χ4n) is 4.45. The number of fused-ring (bicyclic) bond motifs is 3. The summed E-state index contributed by atoms with van der Waals surface area (Å²) in [6, 6.07) is 19.2. The smallest absolute Gasteiger partial charge is 0.335 e. The number of benzene rings is 3. The van der Waals surface area contributed by atoms with Crippen molar-refractivity contribution in [3.63, 3.8) is 0 Å². The highest BCUT2D eigenvalue weighted by atomic mass is 16.5. The third-order valence-electron chi connectivity index (χ3n) is 6.48. The van der Waals surface area contributed by atoms with Crippen LogP contribution in [0.5, 0.6) is 11.5 Å². The average Bonchev–Trinajstić information content (AvgIpc) is 2.82. The molecule has 4 rings (SSSR count). The molecule has 6 nitrogen and oxygen atoms in total. The minimum Gasteiger partial charge on any atom is -0.508 e. The lowest BCUT2D eigenvalue weighted by molar-refractivity contribution is 0.0695. The molecule has 1 aliphatic rings. The van der Waals surface area contributed by atoms with Crippen LogP contribution >= 0.6 is 0 Å². The normalized spacial score (nSPS) is 15.4. The Hall–Kier alpha value is -3.35. The highest BCUT2D eigenvalue weighted by molar-refractivity contribution is 5.88. The van der Waals surface area contributed by atoms with Crippen LogP contribution in [0.4, 0.5) is 0 Å². The lowest BCUT2D eigenvalue weighted by Gasteiger charge is -2.25. The van der Waals surface area contributed by atoms with Crippen LogP contribution in [0, 0.1) is 0 Å². The van der Waals surface area contributed by atoms with Gasteiger partial charge in [0.1, 0.15) is 18.1 Å². The first-order valence-corrected chi connectivity index (χ1v) is 12.4. The van der Waals surface area contributed by atoms with Crippen LogP contribution in [0.3, 0.4) is 0 Å². The first kappa shape index (κ1) is 25.7. The van der Waals surface area contributed by atoms with Crippen LogP contribution in [0.2, 0.25) is 0 Å². The molecule has 0 fully saturated rings. The highest BCUT2D eigenvalue weighted by Crippen LogP contribution is 2.29. The van der Waals surface area contributed by atoms with Crippen LogP contribution in [0.1, 0.15) is 58.9 Å². The fourth-order valence-corrected chi connectivity index (χ4v) is 4.45. The van der Waals surface area contributed by atoms with Crippen molar-refractivity contribution < 1.29 is 24.5 Å². The monoisotopic (exact) mass is 489 g/mol. The van der Waals surface area contributed by atoms with Gasteiger partial charge in [0.15, 0.2) is 0 Å². The van der Waals surface area contributed by atoms with E-state index in [9.17, 15) is 15.0 Å². The Kier molecular flexibility index (Phi) is 7.97. The van der Waals surface area contributed by atoms with Gasteiger partial charge in [-0.05, 0) is 51.9 Å². The zero-order valence-electron chi connectivity index (χ0n) is 21.3. The molecule has 0 saturated carbocycles. The van der Waals surface area contributed by atoms with Crippen molar-refractivity contribution >= 4 is 5.97 Å². The molecule has 0 aromatic heterocycles. The minimum absolute atomic E-state index is 0.00468. The summed E-state index contributed by atoms with van der Waals surface area (Å²) in [5.74, 6) is 0.0296. The molecule has 2 bridgehead atoms. The summed E-state index contributed by atoms with van der Waals surface area (Å²) in [4.78, 5) is 13.8. The highest BCUT2D eigenvalue weighted by Gasteiger charge is 2.18. The standard InChI is InChI=1S/C30H35NO5/c1-30(2,3)26-8-9-27(32)25(18-26)20-31-11-12-35-13-14-36-28-10-7-23(29(33)34)17-24(28)16-21-5-4-6-22(15-21)19-31/h4-10,15,17-18,32H,11-14,16,19-20H2,1-3H3,(H,33,34). The van der Waals surface area contributed by atoms with Gasteiger partial charge in [-0.1, -0.05) is 57.2 Å². The number of nitrogens with zero attached hydrogens (tertiary/aromatic N) is 1. The van der Waals surface area contributed by atoms with Crippen molar-refractivity contribution in [1.29, 1.82) is 0 Å². The Morgan fingerprint density at radius 3 is 2.56 bits per heavy atom. The molecule has 190 valence electrons. The summed E-state index contributed by atoms with van der Waals surface area (Å²) >= 11 is 0. The number of hydrogen-bond acceptors (Lipinski definition) is 5. The molecule has 2 N–H and O–H groups in total. The third-order valence-corrected chi connectivity index (χ3v) is 6.48. The molecule has 0 amide bonds. The summed E-state index contributed by atoms with van der Waals surface area (Å²) in [6.07, 6.45) is 0.569. The molecule has 0 saturated heterocycles. The van der Waals surface area contributed by atoms with E-state index in [1.807, 2.05) is 12.1 Å². The van der Waals surface area contributed by atoms with E-state index >= 15 is 0 Å². The third kappa shape index (κ3) is 6.65. The number of carboxylic acid groups (broad SMARTS) is 1. The maximum absolute atomic E-state index is 11.5. The van der Waals surface area contributed by atoms with E-state index in [-0.39, 0.29) is 11.0 Å². The number of rotatable bonds is 3. The number of ether oxygens (including phenoxy) is 2. The average molecular weight is 490 g/mol. The Bertz CT molecular complexity index is 1210. The number of carboxylic acids is 1. The number of phenols is 1. The van der Waals surface area contributed by atoms with Crippen LogP contribution in [0.15, 0.2) is 60.7 Å². The second-order valence-corrected chi connectivity index (χ2v) is 10.4. The molecule has 0 unspecified atom stereocenters. The Morgan fingerprint density at radius 1 is 0.972 bits per heavy atom. The van der Waals surface area contributed by atoms with Crippen molar-refractivity contribution in [1.82, 2.24) is 4.90 Å². The SMILES string of the molecule is CC(C)(C)c1ccc(O)c(CN2CCOCCOc3ccc(C(=O)O)cc3Cc3cccc(c3)C2)c1. The van der Waals surface area contributed by atoms with Crippen molar-refractivity contribution in [3.05, 3.63) is 94.0 Å². The van der Waals surface area contributed by atoms with E-state index in [0.29, 0.717) is 57.4 Å². The first-order chi connectivity index (χ1) is 17.2. The minimum atomic E-state index is -0.955. The molecule has 36 heavy (non-hydrogen) atoms. The molecule has 1 aliphatic heterocycles. The molecule has 3 aromatic carbocycles. The van der Waals surface area contributed by atoms with Crippen molar-refractivity contribution in [2.45, 2.75) is 45.7 Å². The van der Waals surface area contributed by atoms with E-state index in [1.165, 1.54) is 5.56 Å². The van der Waals surface area contributed by atoms with Gasteiger partial charge in [-0.25, -0.2) is 4.79 Å². The van der Waals surface area contributed by atoms with Crippen LogP contribution < -0.4 is 4.74 Å². The van der Waals surface area contributed by atoms with Gasteiger partial charge < -0.3 is 19.7 Å². The maximum Gasteiger partial charge on any atom is 0.335 e. The van der Waals surface area contributed by atoms with Crippen molar-refractivity contribution in [2.24, 2.45) is 0 Å². The van der Waals surface area contributed by atoms with E-state index in [4.69, 9.17) is 9.47 Å². The quantitative estimate of drug-likeness (QED) is 0.514. The Balaban J connectivity index is 1.61. The predicted molar refractivity (Wildman–Crippen MR) is 140 cm³/mol. The van der Waals surface area contributed by atoms with Crippen molar-refractivity contribution in [2.75, 3.05) is 26.4 Å². The zero-order valence-corrected chi connectivity index (χ0v) is 21.3. The molecule has 0 atom stereocenters. The fraction of sp³-hybridized carbons (Fsp3) is 0.367. The van der Waals surface area contributed by atoms with E-state index in [2.05, 4.69) is 49.9 Å². The largest absolute Gasteiger partial charge is 0.508 e. The number of carbonyl (C=O) groups is 1. The lowest BCUT2D eigenvalue weighted by Crippen LogP contribution is -2.28. The van der Waals surface area contributed by atoms with Gasteiger partial charge in [0.05, 0.1) is 18.8 Å². The number of aromatic carboxylic acids is 1. The second kappa shape index (κ2) is 11.1. The van der Waals surface area contributed by atoms with Gasteiger partial charge in [-0.3, -0.25) is 4.90 Å². The Labute approximate surface area is 213 Å². The molecule has 0 spiro atoms. The van der Waals surface area contributed by atoms with Crippen LogP contribution in [0.25, 0.3) is 0 Å². The number of aromatic hydroxyl groups is 1. The number of hydrogen-bond donors (Lipinski definition) is 2. The van der Waals surface area contributed by atoms with E-state index in [0.717, 1.165) is 22.3 Å². The van der Waals surface area contributed by atoms with Crippen LogP contribution in [-0.4, -0.2) is 47.4 Å². The summed E-state index contributed by atoms with van der Waals surface area (Å²) in [5, 5.41) is 20.0. The first-order valence-electron chi connectivity index (χ1n) is 12.4. The molecule has 0 radical (unpaired) electrons. The van der Waals surface area contributed by atoms with E-state index in [1.54, 1.807) is 24.3 Å². The van der Waals surface area contributed by atoms with Gasteiger partial charge in [0.25, 0.3) is 0 Å².